The molecule has 5 nitrogen and oxygen atoms in total. The van der Waals surface area contributed by atoms with Crippen LogP contribution < -0.4 is 20.1 Å². The number of rotatable bonds is 7. The van der Waals surface area contributed by atoms with Gasteiger partial charge in [-0.25, -0.2) is 4.79 Å². The van der Waals surface area contributed by atoms with Crippen molar-refractivity contribution in [3.8, 4) is 11.5 Å². The Hall–Kier alpha value is -3.18. The van der Waals surface area contributed by atoms with E-state index in [0.717, 1.165) is 5.75 Å². The van der Waals surface area contributed by atoms with E-state index in [1.807, 2.05) is 42.5 Å². The van der Waals surface area contributed by atoms with Crippen molar-refractivity contribution in [2.24, 2.45) is 0 Å². The second-order valence-electron chi connectivity index (χ2n) is 5.62. The molecule has 0 aliphatic rings. The van der Waals surface area contributed by atoms with Crippen molar-refractivity contribution >= 4 is 29.0 Å². The van der Waals surface area contributed by atoms with Crippen LogP contribution in [-0.4, -0.2) is 19.2 Å². The Morgan fingerprint density at radius 2 is 1.37 bits per heavy atom. The van der Waals surface area contributed by atoms with Gasteiger partial charge in [0.05, 0.1) is 0 Å². The third kappa shape index (κ3) is 6.24. The Balaban J connectivity index is 1.46. The molecule has 0 spiro atoms. The fourth-order valence-corrected chi connectivity index (χ4v) is 2.45. The fourth-order valence-electron chi connectivity index (χ4n) is 2.33. The van der Waals surface area contributed by atoms with Gasteiger partial charge in [0.1, 0.15) is 24.7 Å². The summed E-state index contributed by atoms with van der Waals surface area (Å²) in [5, 5.41) is 6.12. The zero-order valence-electron chi connectivity index (χ0n) is 14.5. The summed E-state index contributed by atoms with van der Waals surface area (Å²) in [5.74, 6) is 1.45. The van der Waals surface area contributed by atoms with Crippen LogP contribution >= 0.6 is 11.6 Å². The molecule has 0 unspecified atom stereocenters. The standard InChI is InChI=1S/C21H19ClN2O3/c22-16-9-11-17(12-10-16)23-21(25)24-18-5-4-8-20(15-18)27-14-13-26-19-6-2-1-3-7-19/h1-12,15H,13-14H2,(H2,23,24,25). The van der Waals surface area contributed by atoms with Crippen LogP contribution in [0.1, 0.15) is 0 Å². The van der Waals surface area contributed by atoms with Crippen LogP contribution in [0.25, 0.3) is 0 Å². The highest BCUT2D eigenvalue weighted by molar-refractivity contribution is 6.30. The molecule has 3 aromatic rings. The Kier molecular flexibility index (Phi) is 6.55. The molecule has 0 atom stereocenters. The van der Waals surface area contributed by atoms with E-state index in [1.54, 1.807) is 36.4 Å². The average Bonchev–Trinajstić information content (AvgIpc) is 2.68. The Bertz CT molecular complexity index is 870. The molecule has 27 heavy (non-hydrogen) atoms. The monoisotopic (exact) mass is 382 g/mol. The van der Waals surface area contributed by atoms with Crippen molar-refractivity contribution in [1.29, 1.82) is 0 Å². The van der Waals surface area contributed by atoms with Crippen molar-refractivity contribution in [3.63, 3.8) is 0 Å². The number of anilines is 2. The maximum Gasteiger partial charge on any atom is 0.323 e. The minimum absolute atomic E-state index is 0.345. The number of carbonyl (C=O) groups excluding carboxylic acids is 1. The van der Waals surface area contributed by atoms with Crippen molar-refractivity contribution in [2.45, 2.75) is 0 Å². The molecule has 6 heteroatoms. The lowest BCUT2D eigenvalue weighted by Crippen LogP contribution is -2.19. The molecule has 0 aromatic heterocycles. The van der Waals surface area contributed by atoms with E-state index in [-0.39, 0.29) is 6.03 Å². The molecule has 0 aliphatic heterocycles. The van der Waals surface area contributed by atoms with E-state index < -0.39 is 0 Å². The zero-order chi connectivity index (χ0) is 18.9. The molecule has 0 heterocycles. The van der Waals surface area contributed by atoms with Gasteiger partial charge in [-0.1, -0.05) is 35.9 Å². The summed E-state index contributed by atoms with van der Waals surface area (Å²) in [6.07, 6.45) is 0. The first-order chi connectivity index (χ1) is 13.2. The second-order valence-corrected chi connectivity index (χ2v) is 6.06. The third-order valence-corrected chi connectivity index (χ3v) is 3.81. The highest BCUT2D eigenvalue weighted by atomic mass is 35.5. The Labute approximate surface area is 162 Å². The first-order valence-corrected chi connectivity index (χ1v) is 8.81. The number of nitrogens with one attached hydrogen (secondary N) is 2. The van der Waals surface area contributed by atoms with Gasteiger partial charge in [-0.05, 0) is 48.5 Å². The summed E-state index contributed by atoms with van der Waals surface area (Å²) in [5.41, 5.74) is 1.28. The number of ether oxygens (including phenoxy) is 2. The lowest BCUT2D eigenvalue weighted by atomic mass is 10.3. The maximum absolute atomic E-state index is 12.1. The molecule has 0 radical (unpaired) electrons. The van der Waals surface area contributed by atoms with Crippen LogP contribution in [0.3, 0.4) is 0 Å². The number of urea groups is 1. The largest absolute Gasteiger partial charge is 0.490 e. The van der Waals surface area contributed by atoms with E-state index in [0.29, 0.717) is 35.4 Å². The van der Waals surface area contributed by atoms with E-state index in [9.17, 15) is 4.79 Å². The molecular weight excluding hydrogens is 364 g/mol. The smallest absolute Gasteiger partial charge is 0.323 e. The molecule has 2 N–H and O–H groups in total. The van der Waals surface area contributed by atoms with Gasteiger partial charge in [-0.15, -0.1) is 0 Å². The van der Waals surface area contributed by atoms with Crippen molar-refractivity contribution < 1.29 is 14.3 Å². The van der Waals surface area contributed by atoms with Crippen LogP contribution in [0.15, 0.2) is 78.9 Å². The van der Waals surface area contributed by atoms with E-state index in [2.05, 4.69) is 10.6 Å². The highest BCUT2D eigenvalue weighted by Gasteiger charge is 2.04. The molecule has 3 aromatic carbocycles. The molecule has 3 rings (SSSR count). The molecule has 0 fully saturated rings. The minimum Gasteiger partial charge on any atom is -0.490 e. The average molecular weight is 383 g/mol. The third-order valence-electron chi connectivity index (χ3n) is 3.56. The maximum atomic E-state index is 12.1. The van der Waals surface area contributed by atoms with Gasteiger partial charge < -0.3 is 20.1 Å². The molecule has 0 aliphatic carbocycles. The molecular formula is C21H19ClN2O3. The predicted molar refractivity (Wildman–Crippen MR) is 108 cm³/mol. The molecule has 138 valence electrons. The first kappa shape index (κ1) is 18.6. The van der Waals surface area contributed by atoms with Crippen LogP contribution in [-0.2, 0) is 0 Å². The van der Waals surface area contributed by atoms with Gasteiger partial charge in [0.2, 0.25) is 0 Å². The summed E-state index contributed by atoms with van der Waals surface area (Å²) in [4.78, 5) is 12.1. The zero-order valence-corrected chi connectivity index (χ0v) is 15.3. The van der Waals surface area contributed by atoms with Crippen molar-refractivity contribution in [1.82, 2.24) is 0 Å². The predicted octanol–water partition coefficient (Wildman–Crippen LogP) is 5.44. The van der Waals surface area contributed by atoms with Crippen molar-refractivity contribution in [3.05, 3.63) is 83.9 Å². The number of amides is 2. The minimum atomic E-state index is -0.345. The highest BCUT2D eigenvalue weighted by Crippen LogP contribution is 2.18. The molecule has 2 amide bonds. The summed E-state index contributed by atoms with van der Waals surface area (Å²) in [7, 11) is 0. The number of halogens is 1. The quantitative estimate of drug-likeness (QED) is 0.535. The number of para-hydroxylation sites is 1. The Morgan fingerprint density at radius 1 is 0.741 bits per heavy atom. The lowest BCUT2D eigenvalue weighted by Gasteiger charge is -2.11. The number of benzene rings is 3. The fraction of sp³-hybridized carbons (Fsp3) is 0.0952. The second kappa shape index (κ2) is 9.50. The van der Waals surface area contributed by atoms with E-state index in [4.69, 9.17) is 21.1 Å². The van der Waals surface area contributed by atoms with Gasteiger partial charge in [0.25, 0.3) is 0 Å². The molecule has 0 saturated heterocycles. The number of carbonyl (C=O) groups is 1. The van der Waals surface area contributed by atoms with Crippen LogP contribution in [0.2, 0.25) is 5.02 Å². The van der Waals surface area contributed by atoms with Gasteiger partial charge in [-0.3, -0.25) is 0 Å². The summed E-state index contributed by atoms with van der Waals surface area (Å²) < 4.78 is 11.3. The summed E-state index contributed by atoms with van der Waals surface area (Å²) >= 11 is 5.83. The van der Waals surface area contributed by atoms with Gasteiger partial charge in [-0.2, -0.15) is 0 Å². The first-order valence-electron chi connectivity index (χ1n) is 8.43. The van der Waals surface area contributed by atoms with E-state index in [1.165, 1.54) is 0 Å². The van der Waals surface area contributed by atoms with Gasteiger partial charge >= 0.3 is 6.03 Å². The van der Waals surface area contributed by atoms with E-state index >= 15 is 0 Å². The lowest BCUT2D eigenvalue weighted by molar-refractivity contribution is 0.217. The topological polar surface area (TPSA) is 59.6 Å². The number of hydrogen-bond donors (Lipinski definition) is 2. The van der Waals surface area contributed by atoms with Crippen LogP contribution in [0, 0.1) is 0 Å². The summed E-state index contributed by atoms with van der Waals surface area (Å²) in [6.45, 7) is 0.827. The Morgan fingerprint density at radius 3 is 2.11 bits per heavy atom. The molecule has 0 bridgehead atoms. The SMILES string of the molecule is O=C(Nc1ccc(Cl)cc1)Nc1cccc(OCCOc2ccccc2)c1. The normalized spacial score (nSPS) is 10.1. The van der Waals surface area contributed by atoms with Crippen LogP contribution in [0.5, 0.6) is 11.5 Å². The van der Waals surface area contributed by atoms with Gasteiger partial charge in [0, 0.05) is 22.5 Å². The van der Waals surface area contributed by atoms with Crippen molar-refractivity contribution in [2.75, 3.05) is 23.8 Å². The molecule has 0 saturated carbocycles. The summed E-state index contributed by atoms with van der Waals surface area (Å²) in [6, 6.07) is 23.3. The van der Waals surface area contributed by atoms with Gasteiger partial charge in [0.15, 0.2) is 0 Å². The number of hydrogen-bond acceptors (Lipinski definition) is 3. The van der Waals surface area contributed by atoms with Crippen LogP contribution in [0.4, 0.5) is 16.2 Å².